The van der Waals surface area contributed by atoms with Crippen molar-refractivity contribution in [3.63, 3.8) is 0 Å². The van der Waals surface area contributed by atoms with Gasteiger partial charge in [-0.2, -0.15) is 0 Å². The minimum atomic E-state index is -1.31. The fourth-order valence-corrected chi connectivity index (χ4v) is 4.21. The Labute approximate surface area is 170 Å². The summed E-state index contributed by atoms with van der Waals surface area (Å²) in [7, 11) is 1.64. The number of rotatable bonds is 7. The van der Waals surface area contributed by atoms with Gasteiger partial charge in [-0.1, -0.05) is 24.3 Å². The Morgan fingerprint density at radius 1 is 1.03 bits per heavy atom. The molecule has 2 aromatic carbocycles. The molecule has 0 aliphatic carbocycles. The number of aliphatic hydroxyl groups is 1. The van der Waals surface area contributed by atoms with Gasteiger partial charge in [0, 0.05) is 13.5 Å². The minimum Gasteiger partial charge on any atom is -0.380 e. The zero-order valence-corrected chi connectivity index (χ0v) is 16.7. The minimum absolute atomic E-state index is 0.0434. The summed E-state index contributed by atoms with van der Waals surface area (Å²) < 4.78 is 26.9. The van der Waals surface area contributed by atoms with Crippen molar-refractivity contribution >= 4 is 5.91 Å². The van der Waals surface area contributed by atoms with Crippen LogP contribution in [0.3, 0.4) is 0 Å². The number of benzene rings is 2. The fourth-order valence-electron chi connectivity index (χ4n) is 4.21. The molecule has 29 heavy (non-hydrogen) atoms. The maximum absolute atomic E-state index is 13.5. The van der Waals surface area contributed by atoms with E-state index >= 15 is 0 Å². The summed E-state index contributed by atoms with van der Waals surface area (Å²) in [4.78, 5) is 13.7. The van der Waals surface area contributed by atoms with E-state index in [1.54, 1.807) is 31.3 Å². The van der Waals surface area contributed by atoms with Crippen LogP contribution in [0.2, 0.25) is 0 Å². The van der Waals surface area contributed by atoms with Gasteiger partial charge in [0.1, 0.15) is 17.2 Å². The van der Waals surface area contributed by atoms with Crippen LogP contribution in [-0.4, -0.2) is 42.6 Å². The monoisotopic (exact) mass is 402 g/mol. The fraction of sp³-hybridized carbons (Fsp3) is 0.435. The number of nitrogens with zero attached hydrogens (tertiary/aromatic N) is 1. The van der Waals surface area contributed by atoms with Gasteiger partial charge in [0.25, 0.3) is 0 Å². The number of hydrogen-bond donors (Lipinski definition) is 2. The molecule has 1 heterocycles. The number of halogens is 2. The largest absolute Gasteiger partial charge is 0.380 e. The predicted octanol–water partition coefficient (Wildman–Crippen LogP) is 3.44. The second-order valence-electron chi connectivity index (χ2n) is 7.67. The molecule has 1 amide bonds. The maximum Gasteiger partial charge on any atom is 0.219 e. The Kier molecular flexibility index (Phi) is 6.98. The molecule has 1 aliphatic rings. The summed E-state index contributed by atoms with van der Waals surface area (Å²) in [6.45, 7) is 2.46. The van der Waals surface area contributed by atoms with Gasteiger partial charge in [-0.05, 0) is 80.2 Å². The average molecular weight is 402 g/mol. The Morgan fingerprint density at radius 3 is 1.97 bits per heavy atom. The number of carbonyl (C=O) groups is 1. The van der Waals surface area contributed by atoms with Gasteiger partial charge in [-0.25, -0.2) is 8.78 Å². The highest BCUT2D eigenvalue weighted by atomic mass is 19.1. The summed E-state index contributed by atoms with van der Waals surface area (Å²) in [6.07, 6.45) is 2.81. The van der Waals surface area contributed by atoms with Gasteiger partial charge < -0.3 is 15.3 Å². The van der Waals surface area contributed by atoms with E-state index in [9.17, 15) is 18.7 Å². The predicted molar refractivity (Wildman–Crippen MR) is 108 cm³/mol. The van der Waals surface area contributed by atoms with Crippen LogP contribution >= 0.6 is 0 Å². The summed E-state index contributed by atoms with van der Waals surface area (Å²) in [5.74, 6) is -0.752. The third-order valence-corrected chi connectivity index (χ3v) is 5.90. The smallest absolute Gasteiger partial charge is 0.219 e. The third kappa shape index (κ3) is 5.00. The Hall–Kier alpha value is -2.31. The molecule has 0 unspecified atom stereocenters. The van der Waals surface area contributed by atoms with E-state index in [0.717, 1.165) is 38.9 Å². The van der Waals surface area contributed by atoms with Crippen LogP contribution in [0, 0.1) is 17.6 Å². The Balaban J connectivity index is 1.75. The quantitative estimate of drug-likeness (QED) is 0.746. The van der Waals surface area contributed by atoms with Crippen LogP contribution in [0.25, 0.3) is 0 Å². The lowest BCUT2D eigenvalue weighted by Gasteiger charge is -2.42. The van der Waals surface area contributed by atoms with Crippen LogP contribution in [0.15, 0.2) is 48.5 Å². The van der Waals surface area contributed by atoms with E-state index in [4.69, 9.17) is 0 Å². The third-order valence-electron chi connectivity index (χ3n) is 5.90. The van der Waals surface area contributed by atoms with Crippen molar-refractivity contribution in [1.29, 1.82) is 0 Å². The van der Waals surface area contributed by atoms with Crippen molar-refractivity contribution in [2.45, 2.75) is 31.3 Å². The van der Waals surface area contributed by atoms with Crippen LogP contribution in [0.1, 0.15) is 36.8 Å². The van der Waals surface area contributed by atoms with Crippen LogP contribution in [0.4, 0.5) is 8.78 Å². The van der Waals surface area contributed by atoms with Gasteiger partial charge in [0.05, 0.1) is 0 Å². The van der Waals surface area contributed by atoms with Crippen LogP contribution in [0.5, 0.6) is 0 Å². The Morgan fingerprint density at radius 2 is 1.52 bits per heavy atom. The van der Waals surface area contributed by atoms with Gasteiger partial charge in [-0.3, -0.25) is 4.79 Å². The zero-order valence-electron chi connectivity index (χ0n) is 16.7. The van der Waals surface area contributed by atoms with Gasteiger partial charge >= 0.3 is 0 Å². The number of nitrogens with one attached hydrogen (secondary N) is 1. The number of hydrogen-bond acceptors (Lipinski definition) is 3. The van der Waals surface area contributed by atoms with Gasteiger partial charge in [-0.15, -0.1) is 0 Å². The molecule has 1 fully saturated rings. The highest BCUT2D eigenvalue weighted by molar-refractivity contribution is 5.75. The molecule has 3 rings (SSSR count). The summed E-state index contributed by atoms with van der Waals surface area (Å²) >= 11 is 0. The first kappa shape index (κ1) is 21.4. The number of likely N-dealkylation sites (tertiary alicyclic amines) is 1. The van der Waals surface area contributed by atoms with Crippen LogP contribution in [-0.2, 0) is 10.4 Å². The van der Waals surface area contributed by atoms with Crippen molar-refractivity contribution in [2.75, 3.05) is 26.7 Å². The summed E-state index contributed by atoms with van der Waals surface area (Å²) in [5, 5.41) is 14.4. The molecule has 4 nitrogen and oxygen atoms in total. The maximum atomic E-state index is 13.5. The Bertz CT molecular complexity index is 755. The molecule has 156 valence electrons. The van der Waals surface area contributed by atoms with E-state index in [0.29, 0.717) is 17.5 Å². The van der Waals surface area contributed by atoms with E-state index in [1.165, 1.54) is 24.3 Å². The van der Waals surface area contributed by atoms with E-state index in [-0.39, 0.29) is 23.5 Å². The second-order valence-corrected chi connectivity index (χ2v) is 7.67. The van der Waals surface area contributed by atoms with E-state index < -0.39 is 5.60 Å². The average Bonchev–Trinajstić information content (AvgIpc) is 2.74. The molecule has 0 bridgehead atoms. The van der Waals surface area contributed by atoms with Crippen molar-refractivity contribution in [1.82, 2.24) is 10.2 Å². The zero-order chi connectivity index (χ0) is 20.9. The first-order valence-corrected chi connectivity index (χ1v) is 10.1. The highest BCUT2D eigenvalue weighted by Gasteiger charge is 2.41. The molecule has 2 N–H and O–H groups in total. The van der Waals surface area contributed by atoms with Crippen molar-refractivity contribution < 1.29 is 18.7 Å². The van der Waals surface area contributed by atoms with E-state index in [2.05, 4.69) is 10.2 Å². The van der Waals surface area contributed by atoms with Crippen molar-refractivity contribution in [2.24, 2.45) is 5.92 Å². The summed E-state index contributed by atoms with van der Waals surface area (Å²) in [5.41, 5.74) is -0.0811. The first-order valence-electron chi connectivity index (χ1n) is 10.1. The molecule has 2 aromatic rings. The van der Waals surface area contributed by atoms with E-state index in [1.807, 2.05) is 0 Å². The standard InChI is InChI=1S/C23H28F2N2O2/c1-26-22(28)3-2-14-27-15-12-19(13-16-27)23(29,17-4-8-20(24)9-5-17)18-6-10-21(25)11-7-18/h4-11,19,29H,2-3,12-16H2,1H3,(H,26,28). The molecule has 0 saturated carbocycles. The molecular formula is C23H28F2N2O2. The van der Waals surface area contributed by atoms with Crippen molar-refractivity contribution in [3.05, 3.63) is 71.3 Å². The number of carbonyl (C=O) groups excluding carboxylic acids is 1. The second kappa shape index (κ2) is 9.46. The number of piperidine rings is 1. The first-order chi connectivity index (χ1) is 13.9. The molecular weight excluding hydrogens is 374 g/mol. The lowest BCUT2D eigenvalue weighted by Crippen LogP contribution is -2.44. The molecule has 0 aromatic heterocycles. The number of amides is 1. The lowest BCUT2D eigenvalue weighted by molar-refractivity contribution is -0.120. The van der Waals surface area contributed by atoms with Crippen LogP contribution < -0.4 is 5.32 Å². The topological polar surface area (TPSA) is 52.6 Å². The summed E-state index contributed by atoms with van der Waals surface area (Å²) in [6, 6.07) is 11.8. The highest BCUT2D eigenvalue weighted by Crippen LogP contribution is 2.42. The molecule has 1 saturated heterocycles. The molecule has 1 aliphatic heterocycles. The SMILES string of the molecule is CNC(=O)CCCN1CCC(C(O)(c2ccc(F)cc2)c2ccc(F)cc2)CC1. The molecule has 0 radical (unpaired) electrons. The lowest BCUT2D eigenvalue weighted by atomic mass is 9.72. The molecule has 0 spiro atoms. The normalized spacial score (nSPS) is 16.0. The molecule has 0 atom stereocenters. The van der Waals surface area contributed by atoms with Gasteiger partial charge in [0.15, 0.2) is 0 Å². The molecule has 6 heteroatoms. The van der Waals surface area contributed by atoms with Gasteiger partial charge in [0.2, 0.25) is 5.91 Å². The van der Waals surface area contributed by atoms with Crippen molar-refractivity contribution in [3.8, 4) is 0 Å².